The number of rotatable bonds is 4. The molecule has 3 heterocycles. The van der Waals surface area contributed by atoms with Gasteiger partial charge >= 0.3 is 0 Å². The van der Waals surface area contributed by atoms with Crippen molar-refractivity contribution >= 4 is 33.4 Å². The van der Waals surface area contributed by atoms with Crippen molar-refractivity contribution in [2.24, 2.45) is 10.3 Å². The normalized spacial score (nSPS) is 20.0. The lowest BCUT2D eigenvalue weighted by Gasteiger charge is -2.32. The van der Waals surface area contributed by atoms with Gasteiger partial charge in [-0.1, -0.05) is 24.3 Å². The molecular formula is C24H26N4O4S. The SMILES string of the molecule is O=C(Nc1cccc(CN2CCCC2=O)c1)C1CCN(C2=NS(=O)(=O)c3ccccc32)CC1. The van der Waals surface area contributed by atoms with Crippen LogP contribution in [0.25, 0.3) is 0 Å². The van der Waals surface area contributed by atoms with E-state index in [1.807, 2.05) is 40.1 Å². The second-order valence-electron chi connectivity index (χ2n) is 8.76. The lowest BCUT2D eigenvalue weighted by Crippen LogP contribution is -2.41. The Balaban J connectivity index is 1.20. The molecule has 2 aromatic rings. The first-order valence-corrected chi connectivity index (χ1v) is 12.7. The standard InChI is InChI=1S/C24H26N4O4S/c29-22-9-4-12-28(22)16-17-5-3-6-19(15-17)25-24(30)18-10-13-27(14-11-18)23-20-7-1-2-8-21(20)33(31,32)26-23/h1-3,5-8,15,18H,4,9-14,16H2,(H,25,30). The second-order valence-corrected chi connectivity index (χ2v) is 10.3. The molecular weight excluding hydrogens is 440 g/mol. The van der Waals surface area contributed by atoms with Gasteiger partial charge in [-0.3, -0.25) is 9.59 Å². The van der Waals surface area contributed by atoms with E-state index in [1.54, 1.807) is 18.2 Å². The van der Waals surface area contributed by atoms with Crippen LogP contribution in [0.2, 0.25) is 0 Å². The highest BCUT2D eigenvalue weighted by molar-refractivity contribution is 7.90. The minimum Gasteiger partial charge on any atom is -0.355 e. The maximum absolute atomic E-state index is 12.9. The third-order valence-electron chi connectivity index (χ3n) is 6.52. The predicted octanol–water partition coefficient (Wildman–Crippen LogP) is 2.61. The van der Waals surface area contributed by atoms with Crippen LogP contribution in [0.1, 0.15) is 36.8 Å². The molecule has 1 N–H and O–H groups in total. The average molecular weight is 467 g/mol. The Morgan fingerprint density at radius 3 is 2.61 bits per heavy atom. The molecule has 33 heavy (non-hydrogen) atoms. The smallest absolute Gasteiger partial charge is 0.285 e. The number of benzene rings is 2. The molecule has 2 amide bonds. The molecule has 8 nitrogen and oxygen atoms in total. The van der Waals surface area contributed by atoms with Crippen LogP contribution >= 0.6 is 0 Å². The summed E-state index contributed by atoms with van der Waals surface area (Å²) in [5, 5.41) is 3.01. The summed E-state index contributed by atoms with van der Waals surface area (Å²) < 4.78 is 28.7. The van der Waals surface area contributed by atoms with E-state index in [-0.39, 0.29) is 22.6 Å². The average Bonchev–Trinajstić information content (AvgIpc) is 3.34. The summed E-state index contributed by atoms with van der Waals surface area (Å²) in [5.74, 6) is 0.469. The summed E-state index contributed by atoms with van der Waals surface area (Å²) in [6.07, 6.45) is 2.75. The fraction of sp³-hybridized carbons (Fsp3) is 0.375. The number of nitrogens with zero attached hydrogens (tertiary/aromatic N) is 3. The van der Waals surface area contributed by atoms with Crippen molar-refractivity contribution in [2.75, 3.05) is 25.0 Å². The monoisotopic (exact) mass is 466 g/mol. The fourth-order valence-corrected chi connectivity index (χ4v) is 5.98. The van der Waals surface area contributed by atoms with Crippen LogP contribution in [0, 0.1) is 5.92 Å². The van der Waals surface area contributed by atoms with Crippen molar-refractivity contribution in [3.63, 3.8) is 0 Å². The molecule has 0 spiro atoms. The van der Waals surface area contributed by atoms with Gasteiger partial charge in [0.15, 0.2) is 5.84 Å². The third-order valence-corrected chi connectivity index (χ3v) is 7.84. The fourth-order valence-electron chi connectivity index (χ4n) is 4.75. The molecule has 0 unspecified atom stereocenters. The van der Waals surface area contributed by atoms with Gasteiger partial charge in [0, 0.05) is 49.8 Å². The maximum Gasteiger partial charge on any atom is 0.285 e. The van der Waals surface area contributed by atoms with Crippen molar-refractivity contribution in [1.29, 1.82) is 0 Å². The topological polar surface area (TPSA) is 99.2 Å². The lowest BCUT2D eigenvalue weighted by molar-refractivity contribution is -0.128. The number of carbonyl (C=O) groups is 2. The molecule has 0 radical (unpaired) electrons. The van der Waals surface area contributed by atoms with E-state index < -0.39 is 10.0 Å². The van der Waals surface area contributed by atoms with Crippen LogP contribution in [0.3, 0.4) is 0 Å². The number of nitrogens with one attached hydrogen (secondary N) is 1. The van der Waals surface area contributed by atoms with E-state index in [0.717, 1.165) is 24.2 Å². The first kappa shape index (κ1) is 21.6. The lowest BCUT2D eigenvalue weighted by atomic mass is 9.95. The van der Waals surface area contributed by atoms with Crippen molar-refractivity contribution in [3.05, 3.63) is 59.7 Å². The number of hydrogen-bond donors (Lipinski definition) is 1. The van der Waals surface area contributed by atoms with E-state index >= 15 is 0 Å². The number of carbonyl (C=O) groups excluding carboxylic acids is 2. The van der Waals surface area contributed by atoms with Gasteiger partial charge in [0.25, 0.3) is 10.0 Å². The van der Waals surface area contributed by atoms with Gasteiger partial charge in [0.2, 0.25) is 11.8 Å². The van der Waals surface area contributed by atoms with Crippen LogP contribution in [-0.2, 0) is 26.2 Å². The Morgan fingerprint density at radius 2 is 1.85 bits per heavy atom. The molecule has 0 saturated carbocycles. The first-order valence-electron chi connectivity index (χ1n) is 11.3. The predicted molar refractivity (Wildman–Crippen MR) is 124 cm³/mol. The zero-order valence-corrected chi connectivity index (χ0v) is 19.1. The Bertz CT molecular complexity index is 1230. The van der Waals surface area contributed by atoms with Crippen LogP contribution in [-0.4, -0.2) is 55.5 Å². The molecule has 9 heteroatoms. The van der Waals surface area contributed by atoms with Crippen molar-refractivity contribution in [1.82, 2.24) is 9.80 Å². The van der Waals surface area contributed by atoms with Crippen LogP contribution in [0.15, 0.2) is 57.8 Å². The Kier molecular flexibility index (Phi) is 5.65. The van der Waals surface area contributed by atoms with Crippen molar-refractivity contribution in [3.8, 4) is 0 Å². The highest BCUT2D eigenvalue weighted by Crippen LogP contribution is 2.30. The third kappa shape index (κ3) is 4.37. The highest BCUT2D eigenvalue weighted by atomic mass is 32.2. The largest absolute Gasteiger partial charge is 0.355 e. The van der Waals surface area contributed by atoms with Gasteiger partial charge in [-0.15, -0.1) is 4.40 Å². The summed E-state index contributed by atoms with van der Waals surface area (Å²) in [7, 11) is -3.65. The summed E-state index contributed by atoms with van der Waals surface area (Å²) in [6.45, 7) is 2.48. The van der Waals surface area contributed by atoms with E-state index in [2.05, 4.69) is 9.71 Å². The summed E-state index contributed by atoms with van der Waals surface area (Å²) in [4.78, 5) is 28.8. The Morgan fingerprint density at radius 1 is 1.06 bits per heavy atom. The van der Waals surface area contributed by atoms with Crippen molar-refractivity contribution < 1.29 is 18.0 Å². The number of hydrogen-bond acceptors (Lipinski definition) is 5. The van der Waals surface area contributed by atoms with Crippen molar-refractivity contribution in [2.45, 2.75) is 37.1 Å². The van der Waals surface area contributed by atoms with Gasteiger partial charge in [0.05, 0.1) is 0 Å². The second kappa shape index (κ2) is 8.62. The minimum atomic E-state index is -3.65. The minimum absolute atomic E-state index is 0.0366. The molecule has 2 fully saturated rings. The van der Waals surface area contributed by atoms with Gasteiger partial charge < -0.3 is 15.1 Å². The number of fused-ring (bicyclic) bond motifs is 1. The number of piperidine rings is 1. The van der Waals surface area contributed by atoms with Gasteiger partial charge in [-0.05, 0) is 49.1 Å². The number of amidine groups is 1. The molecule has 0 bridgehead atoms. The molecule has 0 aliphatic carbocycles. The maximum atomic E-state index is 12.9. The van der Waals surface area contributed by atoms with Crippen LogP contribution in [0.4, 0.5) is 5.69 Å². The molecule has 5 rings (SSSR count). The Hall–Kier alpha value is -3.20. The number of amides is 2. The Labute approximate surface area is 193 Å². The molecule has 2 aromatic carbocycles. The summed E-state index contributed by atoms with van der Waals surface area (Å²) in [5.41, 5.74) is 2.36. The van der Waals surface area contributed by atoms with Gasteiger partial charge in [0.1, 0.15) is 4.90 Å². The number of likely N-dealkylation sites (tertiary alicyclic amines) is 2. The summed E-state index contributed by atoms with van der Waals surface area (Å²) >= 11 is 0. The molecule has 172 valence electrons. The number of sulfonamides is 1. The zero-order chi connectivity index (χ0) is 23.0. The molecule has 3 aliphatic rings. The van der Waals surface area contributed by atoms with Gasteiger partial charge in [-0.2, -0.15) is 8.42 Å². The quantitative estimate of drug-likeness (QED) is 0.747. The summed E-state index contributed by atoms with van der Waals surface area (Å²) in [6, 6.07) is 14.5. The van der Waals surface area contributed by atoms with Crippen LogP contribution < -0.4 is 5.32 Å². The number of anilines is 1. The molecule has 2 saturated heterocycles. The van der Waals surface area contributed by atoms with E-state index in [9.17, 15) is 18.0 Å². The first-order chi connectivity index (χ1) is 15.9. The van der Waals surface area contributed by atoms with Gasteiger partial charge in [-0.25, -0.2) is 0 Å². The highest BCUT2D eigenvalue weighted by Gasteiger charge is 2.34. The van der Waals surface area contributed by atoms with E-state index in [1.165, 1.54) is 0 Å². The molecule has 0 aromatic heterocycles. The zero-order valence-electron chi connectivity index (χ0n) is 18.2. The van der Waals surface area contributed by atoms with E-state index in [0.29, 0.717) is 50.3 Å². The molecule has 3 aliphatic heterocycles. The molecule has 0 atom stereocenters. The van der Waals surface area contributed by atoms with Crippen LogP contribution in [0.5, 0.6) is 0 Å². The van der Waals surface area contributed by atoms with E-state index in [4.69, 9.17) is 0 Å².